The quantitative estimate of drug-likeness (QED) is 0.350. The topological polar surface area (TPSA) is 46.2 Å². The van der Waals surface area contributed by atoms with Crippen LogP contribution in [0.1, 0.15) is 5.56 Å². The molecule has 0 aliphatic heterocycles. The van der Waals surface area contributed by atoms with E-state index in [9.17, 15) is 35.1 Å². The Balaban J connectivity index is 2.89. The number of anilines is 1. The molecular weight excluding hydrogens is 338 g/mol. The first-order chi connectivity index (χ1) is 10.5. The van der Waals surface area contributed by atoms with E-state index in [1.54, 1.807) is 0 Å². The first kappa shape index (κ1) is 16.8. The molecule has 2 aromatic rings. The summed E-state index contributed by atoms with van der Waals surface area (Å²) in [6.45, 7) is 0. The summed E-state index contributed by atoms with van der Waals surface area (Å²) in [7, 11) is 0. The predicted molar refractivity (Wildman–Crippen MR) is 62.7 cm³/mol. The van der Waals surface area contributed by atoms with Crippen molar-refractivity contribution in [3.63, 3.8) is 0 Å². The Morgan fingerprint density at radius 3 is 1.74 bits per heavy atom. The van der Waals surface area contributed by atoms with E-state index < -0.39 is 63.4 Å². The molecule has 2 rings (SSSR count). The number of rotatable bonds is 1. The van der Waals surface area contributed by atoms with Crippen molar-refractivity contribution in [2.45, 2.75) is 6.18 Å². The van der Waals surface area contributed by atoms with Gasteiger partial charge in [0.15, 0.2) is 23.3 Å². The highest BCUT2D eigenvalue weighted by Gasteiger charge is 2.42. The third-order valence-corrected chi connectivity index (χ3v) is 2.93. The lowest BCUT2D eigenvalue weighted by Gasteiger charge is -2.15. The maximum Gasteiger partial charge on any atom is 0.422 e. The normalized spacial score (nSPS) is 11.8. The van der Waals surface area contributed by atoms with Crippen molar-refractivity contribution in [2.75, 3.05) is 5.73 Å². The highest BCUT2D eigenvalue weighted by molar-refractivity contribution is 5.72. The number of halogens is 8. The van der Waals surface area contributed by atoms with Crippen molar-refractivity contribution in [1.29, 1.82) is 0 Å². The second-order valence-electron chi connectivity index (χ2n) is 4.39. The molecule has 0 aromatic heterocycles. The Hall–Kier alpha value is -2.52. The monoisotopic (exact) mass is 343 g/mol. The number of aromatic hydroxyl groups is 1. The van der Waals surface area contributed by atoms with Crippen LogP contribution in [0.3, 0.4) is 0 Å². The number of hydrogen-bond donors (Lipinski definition) is 2. The van der Waals surface area contributed by atoms with Crippen LogP contribution < -0.4 is 5.73 Å². The van der Waals surface area contributed by atoms with E-state index in [1.807, 2.05) is 0 Å². The summed E-state index contributed by atoms with van der Waals surface area (Å²) in [4.78, 5) is 0. The molecule has 0 aliphatic rings. The van der Waals surface area contributed by atoms with Crippen molar-refractivity contribution < 1.29 is 40.2 Å². The molecule has 0 aliphatic carbocycles. The number of phenols is 1. The molecule has 0 saturated carbocycles. The van der Waals surface area contributed by atoms with Gasteiger partial charge in [0.1, 0.15) is 17.1 Å². The van der Waals surface area contributed by atoms with E-state index in [4.69, 9.17) is 10.8 Å². The molecule has 0 heterocycles. The summed E-state index contributed by atoms with van der Waals surface area (Å²) < 4.78 is 106. The molecule has 23 heavy (non-hydrogen) atoms. The molecule has 2 nitrogen and oxygen atoms in total. The lowest BCUT2D eigenvalue weighted by atomic mass is 9.99. The van der Waals surface area contributed by atoms with Gasteiger partial charge in [0, 0.05) is 11.6 Å². The summed E-state index contributed by atoms with van der Waals surface area (Å²) in [5.74, 6) is -12.7. The zero-order valence-corrected chi connectivity index (χ0v) is 10.7. The fraction of sp³-hybridized carbons (Fsp3) is 0.0769. The van der Waals surface area contributed by atoms with Crippen LogP contribution in [0.15, 0.2) is 12.1 Å². The number of phenolic OH excluding ortho intramolecular Hbond substituents is 1. The number of hydrogen-bond acceptors (Lipinski definition) is 2. The highest BCUT2D eigenvalue weighted by atomic mass is 19.4. The van der Waals surface area contributed by atoms with Gasteiger partial charge in [0.05, 0.1) is 11.3 Å². The van der Waals surface area contributed by atoms with Gasteiger partial charge in [-0.05, 0) is 6.07 Å². The number of alkyl halides is 3. The first-order valence-electron chi connectivity index (χ1n) is 5.68. The van der Waals surface area contributed by atoms with E-state index in [-0.39, 0.29) is 6.07 Å². The van der Waals surface area contributed by atoms with Crippen molar-refractivity contribution in [1.82, 2.24) is 0 Å². The van der Waals surface area contributed by atoms with Crippen molar-refractivity contribution in [3.05, 3.63) is 46.8 Å². The average Bonchev–Trinajstić information content (AvgIpc) is 2.41. The van der Waals surface area contributed by atoms with Gasteiger partial charge in [-0.15, -0.1) is 0 Å². The fourth-order valence-corrected chi connectivity index (χ4v) is 1.89. The Kier molecular flexibility index (Phi) is 3.87. The Morgan fingerprint density at radius 2 is 1.30 bits per heavy atom. The Labute approximate surface area is 122 Å². The summed E-state index contributed by atoms with van der Waals surface area (Å²) in [5.41, 5.74) is -1.07. The van der Waals surface area contributed by atoms with Gasteiger partial charge in [-0.1, -0.05) is 0 Å². The van der Waals surface area contributed by atoms with Gasteiger partial charge in [0.2, 0.25) is 0 Å². The van der Waals surface area contributed by atoms with Crippen LogP contribution in [0.2, 0.25) is 0 Å². The molecule has 0 amide bonds. The molecule has 0 bridgehead atoms. The third kappa shape index (κ3) is 2.64. The molecule has 10 heteroatoms. The molecule has 0 saturated heterocycles. The number of nitrogen functional groups attached to an aromatic ring is 1. The SMILES string of the molecule is Nc1cc(-c2c(F)c(F)c(C(F)(F)F)c(F)c2F)c(F)cc1O. The summed E-state index contributed by atoms with van der Waals surface area (Å²) >= 11 is 0. The van der Waals surface area contributed by atoms with E-state index in [0.29, 0.717) is 6.07 Å². The molecule has 2 aromatic carbocycles. The van der Waals surface area contributed by atoms with Crippen LogP contribution in [-0.4, -0.2) is 5.11 Å². The molecule has 0 radical (unpaired) electrons. The first-order valence-corrected chi connectivity index (χ1v) is 5.68. The van der Waals surface area contributed by atoms with Crippen LogP contribution in [0.5, 0.6) is 5.75 Å². The van der Waals surface area contributed by atoms with E-state index >= 15 is 0 Å². The van der Waals surface area contributed by atoms with Crippen molar-refractivity contribution in [3.8, 4) is 16.9 Å². The van der Waals surface area contributed by atoms with Gasteiger partial charge < -0.3 is 10.8 Å². The van der Waals surface area contributed by atoms with E-state index in [2.05, 4.69) is 0 Å². The van der Waals surface area contributed by atoms with Gasteiger partial charge in [-0.2, -0.15) is 13.2 Å². The molecule has 3 N–H and O–H groups in total. The van der Waals surface area contributed by atoms with Gasteiger partial charge in [-0.3, -0.25) is 0 Å². The maximum atomic E-state index is 13.8. The maximum absolute atomic E-state index is 13.8. The zero-order chi connectivity index (χ0) is 17.7. The van der Waals surface area contributed by atoms with Crippen LogP contribution in [-0.2, 0) is 6.18 Å². The Morgan fingerprint density at radius 1 is 0.826 bits per heavy atom. The minimum atomic E-state index is -5.71. The highest BCUT2D eigenvalue weighted by Crippen LogP contribution is 2.41. The third-order valence-electron chi connectivity index (χ3n) is 2.93. The summed E-state index contributed by atoms with van der Waals surface area (Å²) in [6.07, 6.45) is -5.71. The van der Waals surface area contributed by atoms with Crippen LogP contribution >= 0.6 is 0 Å². The van der Waals surface area contributed by atoms with E-state index in [1.165, 1.54) is 0 Å². The van der Waals surface area contributed by atoms with Gasteiger partial charge >= 0.3 is 6.18 Å². The molecule has 0 spiro atoms. The standard InChI is InChI=1S/C13H5F8NO/c14-4-2-6(23)5(22)1-3(4)7-9(15)11(17)8(13(19,20)21)12(18)10(7)16/h1-2,23H,22H2. The minimum Gasteiger partial charge on any atom is -0.506 e. The minimum absolute atomic E-state index is 0.289. The van der Waals surface area contributed by atoms with Crippen molar-refractivity contribution >= 4 is 5.69 Å². The smallest absolute Gasteiger partial charge is 0.422 e. The molecular formula is C13H5F8NO. The molecule has 124 valence electrons. The Bertz CT molecular complexity index is 771. The fourth-order valence-electron chi connectivity index (χ4n) is 1.89. The molecule has 0 unspecified atom stereocenters. The molecule has 0 atom stereocenters. The van der Waals surface area contributed by atoms with Gasteiger partial charge in [-0.25, -0.2) is 22.0 Å². The van der Waals surface area contributed by atoms with Crippen LogP contribution in [0.25, 0.3) is 11.1 Å². The second kappa shape index (κ2) is 5.28. The average molecular weight is 343 g/mol. The van der Waals surface area contributed by atoms with Crippen LogP contribution in [0, 0.1) is 29.1 Å². The summed E-state index contributed by atoms with van der Waals surface area (Å²) in [6, 6.07) is 0.718. The summed E-state index contributed by atoms with van der Waals surface area (Å²) in [5, 5.41) is 9.12. The lowest BCUT2D eigenvalue weighted by molar-refractivity contribution is -0.143. The molecule has 0 fully saturated rings. The van der Waals surface area contributed by atoms with Crippen LogP contribution in [0.4, 0.5) is 40.8 Å². The number of nitrogens with two attached hydrogens (primary N) is 1. The predicted octanol–water partition coefficient (Wildman–Crippen LogP) is 4.36. The van der Waals surface area contributed by atoms with Crippen molar-refractivity contribution in [2.24, 2.45) is 0 Å². The van der Waals surface area contributed by atoms with E-state index in [0.717, 1.165) is 0 Å². The van der Waals surface area contributed by atoms with Gasteiger partial charge in [0.25, 0.3) is 0 Å². The second-order valence-corrected chi connectivity index (χ2v) is 4.39. The number of benzene rings is 2. The largest absolute Gasteiger partial charge is 0.506 e. The zero-order valence-electron chi connectivity index (χ0n) is 10.7. The lowest BCUT2D eigenvalue weighted by Crippen LogP contribution is -2.16.